The second-order valence-electron chi connectivity index (χ2n) is 5.37. The van der Waals surface area contributed by atoms with E-state index in [1.807, 2.05) is 13.8 Å². The first-order valence-corrected chi connectivity index (χ1v) is 5.59. The van der Waals surface area contributed by atoms with Crippen molar-refractivity contribution in [1.82, 2.24) is 5.32 Å². The zero-order valence-electron chi connectivity index (χ0n) is 10.9. The van der Waals surface area contributed by atoms with Crippen LogP contribution in [0, 0.1) is 11.3 Å². The summed E-state index contributed by atoms with van der Waals surface area (Å²) < 4.78 is 4.70. The van der Waals surface area contributed by atoms with Crippen LogP contribution in [-0.2, 0) is 9.53 Å². The normalized spacial score (nSPS) is 15.9. The number of ether oxygens (including phenoxy) is 1. The second-order valence-corrected chi connectivity index (χ2v) is 5.37. The Morgan fingerprint density at radius 3 is 2.27 bits per heavy atom. The Bertz CT molecular complexity index is 196. The van der Waals surface area contributed by atoms with Crippen LogP contribution in [0.3, 0.4) is 0 Å². The maximum atomic E-state index is 11.3. The molecular formula is C12H25NO2. The molecule has 1 N–H and O–H groups in total. The number of rotatable bonds is 5. The summed E-state index contributed by atoms with van der Waals surface area (Å²) in [6.45, 7) is 11.5. The predicted molar refractivity (Wildman–Crippen MR) is 62.7 cm³/mol. The van der Waals surface area contributed by atoms with Gasteiger partial charge in [0.2, 0.25) is 0 Å². The molecule has 0 aromatic heterocycles. The molecule has 3 nitrogen and oxygen atoms in total. The standard InChI is InChI=1S/C12H25NO2/c1-9(11(14)15-6)10(2)13-8-7-12(3,4)5/h9-10,13H,7-8H2,1-6H3. The molecule has 0 aliphatic rings. The first-order valence-electron chi connectivity index (χ1n) is 5.59. The van der Waals surface area contributed by atoms with E-state index < -0.39 is 0 Å². The minimum absolute atomic E-state index is 0.0880. The monoisotopic (exact) mass is 215 g/mol. The van der Waals surface area contributed by atoms with E-state index in [1.165, 1.54) is 7.11 Å². The lowest BCUT2D eigenvalue weighted by molar-refractivity contribution is -0.145. The van der Waals surface area contributed by atoms with E-state index >= 15 is 0 Å². The van der Waals surface area contributed by atoms with Crippen LogP contribution in [0.1, 0.15) is 41.0 Å². The lowest BCUT2D eigenvalue weighted by atomic mass is 9.92. The van der Waals surface area contributed by atoms with Gasteiger partial charge < -0.3 is 10.1 Å². The van der Waals surface area contributed by atoms with Gasteiger partial charge >= 0.3 is 5.97 Å². The fourth-order valence-electron chi connectivity index (χ4n) is 1.24. The highest BCUT2D eigenvalue weighted by Crippen LogP contribution is 2.17. The Balaban J connectivity index is 3.83. The highest BCUT2D eigenvalue weighted by Gasteiger charge is 2.20. The molecule has 0 aromatic rings. The van der Waals surface area contributed by atoms with E-state index in [0.717, 1.165) is 13.0 Å². The minimum Gasteiger partial charge on any atom is -0.469 e. The van der Waals surface area contributed by atoms with Crippen LogP contribution in [0.15, 0.2) is 0 Å². The molecule has 0 heterocycles. The molecule has 15 heavy (non-hydrogen) atoms. The van der Waals surface area contributed by atoms with Crippen LogP contribution in [0.2, 0.25) is 0 Å². The van der Waals surface area contributed by atoms with Crippen molar-refractivity contribution in [2.45, 2.75) is 47.1 Å². The van der Waals surface area contributed by atoms with Gasteiger partial charge in [-0.05, 0) is 25.3 Å². The van der Waals surface area contributed by atoms with Crippen molar-refractivity contribution in [2.24, 2.45) is 11.3 Å². The van der Waals surface area contributed by atoms with Gasteiger partial charge in [-0.2, -0.15) is 0 Å². The van der Waals surface area contributed by atoms with Crippen molar-refractivity contribution in [2.75, 3.05) is 13.7 Å². The first-order chi connectivity index (χ1) is 6.78. The fourth-order valence-corrected chi connectivity index (χ4v) is 1.24. The van der Waals surface area contributed by atoms with E-state index in [9.17, 15) is 4.79 Å². The predicted octanol–water partition coefficient (Wildman–Crippen LogP) is 2.21. The quantitative estimate of drug-likeness (QED) is 0.715. The molecule has 0 bridgehead atoms. The number of hydrogen-bond donors (Lipinski definition) is 1. The summed E-state index contributed by atoms with van der Waals surface area (Å²) in [7, 11) is 1.43. The molecule has 0 radical (unpaired) electrons. The fraction of sp³-hybridized carbons (Fsp3) is 0.917. The summed E-state index contributed by atoms with van der Waals surface area (Å²) >= 11 is 0. The van der Waals surface area contributed by atoms with Gasteiger partial charge in [0.25, 0.3) is 0 Å². The molecular weight excluding hydrogens is 190 g/mol. The Hall–Kier alpha value is -0.570. The number of hydrogen-bond acceptors (Lipinski definition) is 3. The molecule has 0 amide bonds. The first kappa shape index (κ1) is 14.4. The molecule has 2 unspecified atom stereocenters. The molecule has 0 saturated heterocycles. The van der Waals surface area contributed by atoms with E-state index in [1.54, 1.807) is 0 Å². The van der Waals surface area contributed by atoms with Gasteiger partial charge in [-0.3, -0.25) is 4.79 Å². The Morgan fingerprint density at radius 2 is 1.87 bits per heavy atom. The van der Waals surface area contributed by atoms with Gasteiger partial charge in [0.05, 0.1) is 13.0 Å². The molecule has 0 aliphatic heterocycles. The van der Waals surface area contributed by atoms with Crippen LogP contribution >= 0.6 is 0 Å². The maximum Gasteiger partial charge on any atom is 0.309 e. The summed E-state index contributed by atoms with van der Waals surface area (Å²) in [4.78, 5) is 11.3. The third kappa shape index (κ3) is 6.50. The summed E-state index contributed by atoms with van der Waals surface area (Å²) in [6, 6.07) is 0.166. The smallest absolute Gasteiger partial charge is 0.309 e. The van der Waals surface area contributed by atoms with Gasteiger partial charge in [0.15, 0.2) is 0 Å². The number of esters is 1. The lowest BCUT2D eigenvalue weighted by Gasteiger charge is -2.23. The van der Waals surface area contributed by atoms with Gasteiger partial charge in [0.1, 0.15) is 0 Å². The topological polar surface area (TPSA) is 38.3 Å². The average Bonchev–Trinajstić information content (AvgIpc) is 2.13. The van der Waals surface area contributed by atoms with Crippen molar-refractivity contribution in [3.63, 3.8) is 0 Å². The van der Waals surface area contributed by atoms with Crippen LogP contribution < -0.4 is 5.32 Å². The van der Waals surface area contributed by atoms with Gasteiger partial charge in [-0.25, -0.2) is 0 Å². The Labute approximate surface area is 93.6 Å². The average molecular weight is 215 g/mol. The molecule has 0 spiro atoms. The third-order valence-corrected chi connectivity index (χ3v) is 2.66. The molecule has 2 atom stereocenters. The number of nitrogens with one attached hydrogen (secondary N) is 1. The largest absolute Gasteiger partial charge is 0.469 e. The summed E-state index contributed by atoms with van der Waals surface area (Å²) in [5.41, 5.74) is 0.335. The summed E-state index contributed by atoms with van der Waals surface area (Å²) in [5.74, 6) is -0.235. The Kier molecular flexibility index (Phi) is 5.88. The van der Waals surface area contributed by atoms with Crippen LogP contribution in [0.4, 0.5) is 0 Å². The molecule has 90 valence electrons. The van der Waals surface area contributed by atoms with Crippen LogP contribution in [0.25, 0.3) is 0 Å². The van der Waals surface area contributed by atoms with Crippen LogP contribution in [0.5, 0.6) is 0 Å². The SMILES string of the molecule is COC(=O)C(C)C(C)NCCC(C)(C)C. The highest BCUT2D eigenvalue weighted by atomic mass is 16.5. The van der Waals surface area contributed by atoms with E-state index in [2.05, 4.69) is 26.1 Å². The summed E-state index contributed by atoms with van der Waals surface area (Å²) in [6.07, 6.45) is 1.10. The lowest BCUT2D eigenvalue weighted by Crippen LogP contribution is -2.38. The minimum atomic E-state index is -0.147. The van der Waals surface area contributed by atoms with E-state index in [4.69, 9.17) is 4.74 Å². The molecule has 3 heteroatoms. The molecule has 0 fully saturated rings. The van der Waals surface area contributed by atoms with E-state index in [-0.39, 0.29) is 17.9 Å². The molecule has 0 rings (SSSR count). The molecule has 0 aliphatic carbocycles. The van der Waals surface area contributed by atoms with Crippen LogP contribution in [-0.4, -0.2) is 25.7 Å². The Morgan fingerprint density at radius 1 is 1.33 bits per heavy atom. The highest BCUT2D eigenvalue weighted by molar-refractivity contribution is 5.72. The van der Waals surface area contributed by atoms with Crippen molar-refractivity contribution in [3.8, 4) is 0 Å². The number of carbonyl (C=O) groups is 1. The van der Waals surface area contributed by atoms with Gasteiger partial charge in [-0.15, -0.1) is 0 Å². The van der Waals surface area contributed by atoms with Crippen molar-refractivity contribution < 1.29 is 9.53 Å². The summed E-state index contributed by atoms with van der Waals surface area (Å²) in [5, 5.41) is 3.35. The van der Waals surface area contributed by atoms with E-state index in [0.29, 0.717) is 5.41 Å². The third-order valence-electron chi connectivity index (χ3n) is 2.66. The molecule has 0 aromatic carbocycles. The molecule has 0 saturated carbocycles. The second kappa shape index (κ2) is 6.11. The van der Waals surface area contributed by atoms with Crippen molar-refractivity contribution in [1.29, 1.82) is 0 Å². The zero-order valence-corrected chi connectivity index (χ0v) is 10.9. The van der Waals surface area contributed by atoms with Crippen molar-refractivity contribution >= 4 is 5.97 Å². The van der Waals surface area contributed by atoms with Gasteiger partial charge in [-0.1, -0.05) is 27.7 Å². The van der Waals surface area contributed by atoms with Crippen molar-refractivity contribution in [3.05, 3.63) is 0 Å². The van der Waals surface area contributed by atoms with Gasteiger partial charge in [0, 0.05) is 6.04 Å². The maximum absolute atomic E-state index is 11.3. The zero-order chi connectivity index (χ0) is 12.1. The number of carbonyl (C=O) groups excluding carboxylic acids is 1. The number of methoxy groups -OCH3 is 1.